The number of rotatable bonds is 13. The first-order valence-electron chi connectivity index (χ1n) is 12.5. The maximum Gasteiger partial charge on any atom is 0.416 e. The Morgan fingerprint density at radius 2 is 1.43 bits per heavy atom. The summed E-state index contributed by atoms with van der Waals surface area (Å²) in [6, 6.07) is 3.41. The van der Waals surface area contributed by atoms with Gasteiger partial charge in [-0.1, -0.05) is 22.7 Å². The number of aryl methyl sites for hydroxylation is 2. The summed E-state index contributed by atoms with van der Waals surface area (Å²) >= 11 is 2.31. The minimum Gasteiger partial charge on any atom is -0.493 e. The Morgan fingerprint density at radius 3 is 2.00 bits per heavy atom. The summed E-state index contributed by atoms with van der Waals surface area (Å²) in [7, 11) is 3.01. The molecule has 0 radical (unpaired) electrons. The van der Waals surface area contributed by atoms with Gasteiger partial charge >= 0.3 is 6.18 Å². The summed E-state index contributed by atoms with van der Waals surface area (Å²) in [6.07, 6.45) is 0.758. The van der Waals surface area contributed by atoms with Gasteiger partial charge in [-0.3, -0.25) is 19.6 Å². The Hall–Kier alpha value is -4.25. The second-order valence-corrected chi connectivity index (χ2v) is 10.7. The first kappa shape index (κ1) is 30.7. The van der Waals surface area contributed by atoms with Gasteiger partial charge in [0.15, 0.2) is 11.5 Å². The smallest absolute Gasteiger partial charge is 0.416 e. The van der Waals surface area contributed by atoms with Gasteiger partial charge in [0.1, 0.15) is 15.7 Å². The lowest BCUT2D eigenvalue weighted by atomic mass is 10.2. The predicted octanol–water partition coefficient (Wildman–Crippen LogP) is 3.64. The number of hydrogen-bond donors (Lipinski definition) is 2. The number of carbonyl (C=O) groups excluding carboxylic acids is 2. The first-order valence-corrected chi connectivity index (χ1v) is 14.1. The molecule has 0 spiro atoms. The fourth-order valence-corrected chi connectivity index (χ4v) is 5.25. The average Bonchev–Trinajstić information content (AvgIpc) is 3.66. The Bertz CT molecular complexity index is 1530. The number of nitrogens with one attached hydrogen (secondary N) is 2. The SMILES string of the molecule is COc1ccnc(CNC(=O)c2nnc(CCCCc3nnc(C(=O)NCc4cc(C(F)(F)F)ccn4)s3)s2)c1OC. The molecule has 0 bridgehead atoms. The Morgan fingerprint density at radius 1 is 0.833 bits per heavy atom. The minimum absolute atomic E-state index is 0.0781. The molecule has 222 valence electrons. The molecule has 0 aliphatic carbocycles. The fourth-order valence-electron chi connectivity index (χ4n) is 3.66. The number of unbranched alkanes of at least 4 members (excludes halogenated alkanes) is 1. The van der Waals surface area contributed by atoms with Crippen LogP contribution in [0.1, 0.15) is 59.4 Å². The van der Waals surface area contributed by atoms with Gasteiger partial charge in [-0.25, -0.2) is 0 Å². The van der Waals surface area contributed by atoms with Crippen molar-refractivity contribution in [2.24, 2.45) is 0 Å². The summed E-state index contributed by atoms with van der Waals surface area (Å²) in [5.41, 5.74) is -0.245. The van der Waals surface area contributed by atoms with Crippen molar-refractivity contribution >= 4 is 34.5 Å². The Balaban J connectivity index is 1.19. The number of alkyl halides is 3. The average molecular weight is 623 g/mol. The largest absolute Gasteiger partial charge is 0.493 e. The zero-order valence-corrected chi connectivity index (χ0v) is 24.0. The van der Waals surface area contributed by atoms with Crippen LogP contribution in [0.2, 0.25) is 0 Å². The van der Waals surface area contributed by atoms with E-state index >= 15 is 0 Å². The highest BCUT2D eigenvalue weighted by Crippen LogP contribution is 2.30. The van der Waals surface area contributed by atoms with E-state index in [-0.39, 0.29) is 34.7 Å². The molecule has 4 aromatic heterocycles. The van der Waals surface area contributed by atoms with Crippen LogP contribution in [-0.4, -0.2) is 56.4 Å². The Kier molecular flexibility index (Phi) is 10.3. The first-order chi connectivity index (χ1) is 20.2. The Labute approximate surface area is 245 Å². The van der Waals surface area contributed by atoms with E-state index in [0.29, 0.717) is 40.0 Å². The van der Waals surface area contributed by atoms with E-state index < -0.39 is 17.6 Å². The normalized spacial score (nSPS) is 11.3. The lowest BCUT2D eigenvalue weighted by molar-refractivity contribution is -0.137. The third kappa shape index (κ3) is 8.16. The van der Waals surface area contributed by atoms with Crippen molar-refractivity contribution in [3.05, 3.63) is 67.6 Å². The van der Waals surface area contributed by atoms with E-state index in [4.69, 9.17) is 9.47 Å². The molecule has 2 N–H and O–H groups in total. The van der Waals surface area contributed by atoms with Crippen LogP contribution in [0.3, 0.4) is 0 Å². The lowest BCUT2D eigenvalue weighted by Crippen LogP contribution is -2.23. The number of hydrogen-bond acceptors (Lipinski definition) is 12. The standard InChI is InChI=1S/C25H25F3N8O4S2/c1-39-17-8-10-30-16(20(17)40-2)13-32-22(38)24-36-34-19(42-24)6-4-3-5-18-33-35-23(41-18)21(37)31-12-15-11-14(7-9-29-15)25(26,27)28/h7-11H,3-6,12-13H2,1-2H3,(H,31,37)(H,32,38). The van der Waals surface area contributed by atoms with Crippen molar-refractivity contribution in [3.8, 4) is 11.5 Å². The van der Waals surface area contributed by atoms with Crippen LogP contribution < -0.4 is 20.1 Å². The molecule has 12 nitrogen and oxygen atoms in total. The molecule has 4 heterocycles. The summed E-state index contributed by atoms with van der Waals surface area (Å²) in [6.45, 7) is -0.0519. The monoisotopic (exact) mass is 622 g/mol. The van der Waals surface area contributed by atoms with Gasteiger partial charge < -0.3 is 20.1 Å². The molecule has 0 saturated carbocycles. The summed E-state index contributed by atoms with van der Waals surface area (Å²) < 4.78 is 49.1. The van der Waals surface area contributed by atoms with Gasteiger partial charge in [0.2, 0.25) is 10.0 Å². The van der Waals surface area contributed by atoms with Gasteiger partial charge in [0, 0.05) is 31.3 Å². The third-order valence-electron chi connectivity index (χ3n) is 5.71. The number of ether oxygens (including phenoxy) is 2. The van der Waals surface area contributed by atoms with Crippen molar-refractivity contribution in [1.29, 1.82) is 0 Å². The van der Waals surface area contributed by atoms with Crippen LogP contribution in [-0.2, 0) is 32.1 Å². The molecule has 17 heteroatoms. The van der Waals surface area contributed by atoms with Gasteiger partial charge in [0.25, 0.3) is 11.8 Å². The predicted molar refractivity (Wildman–Crippen MR) is 145 cm³/mol. The van der Waals surface area contributed by atoms with Crippen molar-refractivity contribution in [2.45, 2.75) is 44.9 Å². The zero-order chi connectivity index (χ0) is 30.1. The summed E-state index contributed by atoms with van der Waals surface area (Å²) in [4.78, 5) is 33.0. The highest BCUT2D eigenvalue weighted by molar-refractivity contribution is 7.13. The highest BCUT2D eigenvalue weighted by atomic mass is 32.1. The molecule has 0 unspecified atom stereocenters. The number of amides is 2. The summed E-state index contributed by atoms with van der Waals surface area (Å²) in [5, 5.41) is 22.9. The molecular weight excluding hydrogens is 597 g/mol. The van der Waals surface area contributed by atoms with E-state index in [2.05, 4.69) is 41.0 Å². The molecule has 4 rings (SSSR count). The van der Waals surface area contributed by atoms with Gasteiger partial charge in [-0.15, -0.1) is 20.4 Å². The maximum atomic E-state index is 12.9. The van der Waals surface area contributed by atoms with Crippen LogP contribution in [0.5, 0.6) is 11.5 Å². The molecular formula is C25H25F3N8O4S2. The second kappa shape index (κ2) is 14.1. The van der Waals surface area contributed by atoms with Crippen molar-refractivity contribution in [1.82, 2.24) is 41.0 Å². The van der Waals surface area contributed by atoms with Crippen LogP contribution in [0.4, 0.5) is 13.2 Å². The lowest BCUT2D eigenvalue weighted by Gasteiger charge is -2.11. The molecule has 42 heavy (non-hydrogen) atoms. The molecule has 4 aromatic rings. The van der Waals surface area contributed by atoms with E-state index in [1.807, 2.05) is 0 Å². The second-order valence-electron chi connectivity index (χ2n) is 8.60. The van der Waals surface area contributed by atoms with Crippen LogP contribution in [0.25, 0.3) is 0 Å². The number of halogens is 3. The number of aromatic nitrogens is 6. The molecule has 0 aliphatic rings. The van der Waals surface area contributed by atoms with Gasteiger partial charge in [-0.05, 0) is 25.0 Å². The third-order valence-corrected chi connectivity index (χ3v) is 7.67. The van der Waals surface area contributed by atoms with Crippen LogP contribution in [0, 0.1) is 0 Å². The molecule has 0 fully saturated rings. The van der Waals surface area contributed by atoms with Crippen LogP contribution >= 0.6 is 22.7 Å². The molecule has 2 amide bonds. The number of carbonyl (C=O) groups is 2. The quantitative estimate of drug-likeness (QED) is 0.211. The van der Waals surface area contributed by atoms with Gasteiger partial charge in [-0.2, -0.15) is 13.2 Å². The zero-order valence-electron chi connectivity index (χ0n) is 22.4. The van der Waals surface area contributed by atoms with Gasteiger partial charge in [0.05, 0.1) is 38.6 Å². The van der Waals surface area contributed by atoms with Crippen LogP contribution in [0.15, 0.2) is 30.6 Å². The van der Waals surface area contributed by atoms with Crippen molar-refractivity contribution in [3.63, 3.8) is 0 Å². The maximum absolute atomic E-state index is 12.9. The minimum atomic E-state index is -4.49. The topological polar surface area (TPSA) is 154 Å². The van der Waals surface area contributed by atoms with E-state index in [0.717, 1.165) is 42.5 Å². The van der Waals surface area contributed by atoms with E-state index in [1.54, 1.807) is 12.3 Å². The fraction of sp³-hybridized carbons (Fsp3) is 0.360. The van der Waals surface area contributed by atoms with Crippen molar-refractivity contribution in [2.75, 3.05) is 14.2 Å². The van der Waals surface area contributed by atoms with E-state index in [9.17, 15) is 22.8 Å². The highest BCUT2D eigenvalue weighted by Gasteiger charge is 2.30. The number of nitrogens with zero attached hydrogens (tertiary/aromatic N) is 6. The molecule has 0 atom stereocenters. The number of methoxy groups -OCH3 is 2. The van der Waals surface area contributed by atoms with E-state index in [1.165, 1.54) is 25.6 Å². The molecule has 0 saturated heterocycles. The molecule has 0 aromatic carbocycles. The number of pyridine rings is 2. The molecule has 0 aliphatic heterocycles. The van der Waals surface area contributed by atoms with Crippen molar-refractivity contribution < 1.29 is 32.2 Å². The summed E-state index contributed by atoms with van der Waals surface area (Å²) in [5.74, 6) is 0.0237.